The first kappa shape index (κ1) is 9.33. The maximum absolute atomic E-state index is 12.1. The highest BCUT2D eigenvalue weighted by Crippen LogP contribution is 2.32. The Morgan fingerprint density at radius 3 is 2.80 bits per heavy atom. The van der Waals surface area contributed by atoms with Gasteiger partial charge in [0.2, 0.25) is 0 Å². The van der Waals surface area contributed by atoms with Gasteiger partial charge in [-0.2, -0.15) is 5.10 Å². The number of hydrogen-bond donors (Lipinski definition) is 1. The standard InChI is InChI=1S/C11H17N3O/c15-11-9-2-1-3-10(9)13-14(11)8-4-6-12-7-5-8/h8-9,12H,1-7H2. The minimum absolute atomic E-state index is 0.153. The summed E-state index contributed by atoms with van der Waals surface area (Å²) in [6.07, 6.45) is 5.32. The molecule has 4 heteroatoms. The van der Waals surface area contributed by atoms with E-state index in [0.717, 1.165) is 50.9 Å². The van der Waals surface area contributed by atoms with Crippen LogP contribution in [0.1, 0.15) is 32.1 Å². The molecule has 15 heavy (non-hydrogen) atoms. The normalized spacial score (nSPS) is 32.0. The number of amides is 1. The lowest BCUT2D eigenvalue weighted by molar-refractivity contribution is -0.134. The zero-order valence-corrected chi connectivity index (χ0v) is 8.91. The van der Waals surface area contributed by atoms with Crippen LogP contribution in [0.4, 0.5) is 0 Å². The molecule has 2 fully saturated rings. The summed E-state index contributed by atoms with van der Waals surface area (Å²) in [4.78, 5) is 12.1. The van der Waals surface area contributed by atoms with E-state index >= 15 is 0 Å². The lowest BCUT2D eigenvalue weighted by atomic mass is 10.0. The van der Waals surface area contributed by atoms with Crippen molar-refractivity contribution in [3.05, 3.63) is 0 Å². The number of hydrazone groups is 1. The number of nitrogens with zero attached hydrogens (tertiary/aromatic N) is 2. The first-order valence-corrected chi connectivity index (χ1v) is 5.97. The quantitative estimate of drug-likeness (QED) is 0.689. The summed E-state index contributed by atoms with van der Waals surface area (Å²) in [7, 11) is 0. The summed E-state index contributed by atoms with van der Waals surface area (Å²) in [6, 6.07) is 0.358. The van der Waals surface area contributed by atoms with Gasteiger partial charge in [0.15, 0.2) is 0 Å². The first-order valence-electron chi connectivity index (χ1n) is 5.97. The Morgan fingerprint density at radius 2 is 2.07 bits per heavy atom. The highest BCUT2D eigenvalue weighted by atomic mass is 16.2. The van der Waals surface area contributed by atoms with Gasteiger partial charge in [-0.05, 0) is 45.2 Å². The Labute approximate surface area is 89.7 Å². The molecule has 3 rings (SSSR count). The summed E-state index contributed by atoms with van der Waals surface area (Å²) >= 11 is 0. The van der Waals surface area contributed by atoms with Gasteiger partial charge in [0.1, 0.15) is 0 Å². The SMILES string of the molecule is O=C1C2CCCC2=NN1C1CCNCC1. The van der Waals surface area contributed by atoms with Gasteiger partial charge in [0.05, 0.1) is 17.7 Å². The van der Waals surface area contributed by atoms with Crippen molar-refractivity contribution in [3.8, 4) is 0 Å². The fraction of sp³-hybridized carbons (Fsp3) is 0.818. The van der Waals surface area contributed by atoms with Crippen LogP contribution in [0.3, 0.4) is 0 Å². The van der Waals surface area contributed by atoms with Crippen LogP contribution in [0.2, 0.25) is 0 Å². The van der Waals surface area contributed by atoms with Gasteiger partial charge in [-0.25, -0.2) is 5.01 Å². The Morgan fingerprint density at radius 1 is 1.27 bits per heavy atom. The Balaban J connectivity index is 1.76. The van der Waals surface area contributed by atoms with Gasteiger partial charge in [0.25, 0.3) is 5.91 Å². The van der Waals surface area contributed by atoms with E-state index in [9.17, 15) is 4.79 Å². The molecule has 82 valence electrons. The number of fused-ring (bicyclic) bond motifs is 1. The molecule has 1 aliphatic carbocycles. The molecule has 0 spiro atoms. The first-order chi connectivity index (χ1) is 7.36. The topological polar surface area (TPSA) is 44.7 Å². The second-order valence-corrected chi connectivity index (χ2v) is 4.70. The summed E-state index contributed by atoms with van der Waals surface area (Å²) in [5.74, 6) is 0.425. The Kier molecular flexibility index (Phi) is 2.24. The van der Waals surface area contributed by atoms with Crippen LogP contribution in [-0.4, -0.2) is 35.8 Å². The van der Waals surface area contributed by atoms with Crippen molar-refractivity contribution < 1.29 is 4.79 Å². The van der Waals surface area contributed by atoms with Crippen molar-refractivity contribution in [2.75, 3.05) is 13.1 Å². The molecular weight excluding hydrogens is 190 g/mol. The third-order valence-electron chi connectivity index (χ3n) is 3.74. The minimum atomic E-state index is 0.153. The van der Waals surface area contributed by atoms with Crippen molar-refractivity contribution in [1.29, 1.82) is 0 Å². The molecule has 4 nitrogen and oxygen atoms in total. The molecule has 1 unspecified atom stereocenters. The van der Waals surface area contributed by atoms with Crippen molar-refractivity contribution in [2.24, 2.45) is 11.0 Å². The predicted molar refractivity (Wildman–Crippen MR) is 57.5 cm³/mol. The van der Waals surface area contributed by atoms with Gasteiger partial charge in [-0.3, -0.25) is 4.79 Å². The average molecular weight is 207 g/mol. The number of piperidine rings is 1. The summed E-state index contributed by atoms with van der Waals surface area (Å²) in [5, 5.41) is 9.64. The molecule has 0 aromatic rings. The van der Waals surface area contributed by atoms with Crippen LogP contribution >= 0.6 is 0 Å². The number of carbonyl (C=O) groups is 1. The van der Waals surface area contributed by atoms with Crippen LogP contribution in [0.25, 0.3) is 0 Å². The Bertz CT molecular complexity index is 307. The van der Waals surface area contributed by atoms with Gasteiger partial charge >= 0.3 is 0 Å². The molecule has 1 atom stereocenters. The second kappa shape index (κ2) is 3.59. The molecule has 0 aromatic heterocycles. The predicted octanol–water partition coefficient (Wildman–Crippen LogP) is 0.737. The van der Waals surface area contributed by atoms with E-state index in [2.05, 4.69) is 10.4 Å². The zero-order chi connectivity index (χ0) is 10.3. The van der Waals surface area contributed by atoms with Gasteiger partial charge < -0.3 is 5.32 Å². The zero-order valence-electron chi connectivity index (χ0n) is 8.91. The van der Waals surface area contributed by atoms with Crippen LogP contribution in [0.15, 0.2) is 5.10 Å². The van der Waals surface area contributed by atoms with E-state index in [-0.39, 0.29) is 11.8 Å². The Hall–Kier alpha value is -0.900. The summed E-state index contributed by atoms with van der Waals surface area (Å²) in [5.41, 5.74) is 1.15. The molecule has 2 heterocycles. The third kappa shape index (κ3) is 1.47. The van der Waals surface area contributed by atoms with E-state index < -0.39 is 0 Å². The van der Waals surface area contributed by atoms with Crippen LogP contribution < -0.4 is 5.32 Å². The fourth-order valence-electron chi connectivity index (χ4n) is 2.87. The largest absolute Gasteiger partial charge is 0.317 e. The molecule has 1 saturated heterocycles. The van der Waals surface area contributed by atoms with Crippen molar-refractivity contribution >= 4 is 11.6 Å². The molecule has 0 aromatic carbocycles. The monoisotopic (exact) mass is 207 g/mol. The van der Waals surface area contributed by atoms with Crippen LogP contribution in [-0.2, 0) is 4.79 Å². The van der Waals surface area contributed by atoms with Gasteiger partial charge in [0, 0.05) is 0 Å². The van der Waals surface area contributed by atoms with E-state index in [4.69, 9.17) is 0 Å². The molecule has 1 N–H and O–H groups in total. The fourth-order valence-corrected chi connectivity index (χ4v) is 2.87. The minimum Gasteiger partial charge on any atom is -0.317 e. The van der Waals surface area contributed by atoms with E-state index in [1.165, 1.54) is 0 Å². The second-order valence-electron chi connectivity index (χ2n) is 4.70. The van der Waals surface area contributed by atoms with E-state index in [1.807, 2.05) is 0 Å². The van der Waals surface area contributed by atoms with E-state index in [0.29, 0.717) is 6.04 Å². The third-order valence-corrected chi connectivity index (χ3v) is 3.74. The maximum atomic E-state index is 12.1. The number of hydrogen-bond acceptors (Lipinski definition) is 3. The van der Waals surface area contributed by atoms with Crippen molar-refractivity contribution in [3.63, 3.8) is 0 Å². The lowest BCUT2D eigenvalue weighted by Crippen LogP contribution is -2.42. The van der Waals surface area contributed by atoms with Crippen LogP contribution in [0.5, 0.6) is 0 Å². The lowest BCUT2D eigenvalue weighted by Gasteiger charge is -2.29. The van der Waals surface area contributed by atoms with Crippen molar-refractivity contribution in [1.82, 2.24) is 10.3 Å². The number of nitrogens with one attached hydrogen (secondary N) is 1. The maximum Gasteiger partial charge on any atom is 0.251 e. The molecule has 1 amide bonds. The van der Waals surface area contributed by atoms with Gasteiger partial charge in [-0.15, -0.1) is 0 Å². The average Bonchev–Trinajstić information content (AvgIpc) is 2.83. The summed E-state index contributed by atoms with van der Waals surface area (Å²) in [6.45, 7) is 2.04. The number of carbonyl (C=O) groups excluding carboxylic acids is 1. The highest BCUT2D eigenvalue weighted by molar-refractivity contribution is 6.09. The van der Waals surface area contributed by atoms with Crippen molar-refractivity contribution in [2.45, 2.75) is 38.1 Å². The molecule has 0 radical (unpaired) electrons. The molecule has 2 aliphatic heterocycles. The van der Waals surface area contributed by atoms with E-state index in [1.54, 1.807) is 5.01 Å². The van der Waals surface area contributed by atoms with Gasteiger partial charge in [-0.1, -0.05) is 0 Å². The van der Waals surface area contributed by atoms with Crippen LogP contribution in [0, 0.1) is 5.92 Å². The molecule has 3 aliphatic rings. The number of rotatable bonds is 1. The molecule has 1 saturated carbocycles. The molecule has 0 bridgehead atoms. The smallest absolute Gasteiger partial charge is 0.251 e. The molecular formula is C11H17N3O. The summed E-state index contributed by atoms with van der Waals surface area (Å²) < 4.78 is 0. The highest BCUT2D eigenvalue weighted by Gasteiger charge is 2.41.